The van der Waals surface area contributed by atoms with E-state index in [1.165, 1.54) is 4.68 Å². The van der Waals surface area contributed by atoms with Gasteiger partial charge in [0, 0.05) is 26.3 Å². The molecule has 1 amide bonds. The molecular weight excluding hydrogens is 208 g/mol. The van der Waals surface area contributed by atoms with Crippen LogP contribution in [-0.4, -0.2) is 34.9 Å². The molecule has 0 spiro atoms. The Balaban J connectivity index is 1.87. The van der Waals surface area contributed by atoms with Crippen LogP contribution in [0.3, 0.4) is 0 Å². The number of hydrogen-bond donors (Lipinski definition) is 2. The summed E-state index contributed by atoms with van der Waals surface area (Å²) < 4.78 is 6.88. The fourth-order valence-electron chi connectivity index (χ4n) is 1.70. The van der Waals surface area contributed by atoms with Gasteiger partial charge in [-0.1, -0.05) is 0 Å². The highest BCUT2D eigenvalue weighted by molar-refractivity contribution is 5.92. The highest BCUT2D eigenvalue weighted by Gasteiger charge is 2.17. The van der Waals surface area contributed by atoms with Crippen molar-refractivity contribution in [2.45, 2.75) is 18.9 Å². The van der Waals surface area contributed by atoms with E-state index in [-0.39, 0.29) is 12.0 Å². The number of amides is 1. The summed E-state index contributed by atoms with van der Waals surface area (Å²) in [6.07, 6.45) is 2.21. The topological polar surface area (TPSA) is 82.2 Å². The molecule has 1 unspecified atom stereocenters. The molecule has 1 aromatic rings. The molecule has 0 bridgehead atoms. The van der Waals surface area contributed by atoms with Crippen LogP contribution in [0.25, 0.3) is 0 Å². The Morgan fingerprint density at radius 1 is 1.81 bits per heavy atom. The summed E-state index contributed by atoms with van der Waals surface area (Å²) in [4.78, 5) is 11.7. The predicted octanol–water partition coefficient (Wildman–Crippen LogP) is -0.0889. The second-order valence-corrected chi connectivity index (χ2v) is 3.92. The summed E-state index contributed by atoms with van der Waals surface area (Å²) in [6, 6.07) is 1.56. The van der Waals surface area contributed by atoms with Crippen LogP contribution in [0.5, 0.6) is 0 Å². The molecule has 0 aliphatic carbocycles. The van der Waals surface area contributed by atoms with Crippen molar-refractivity contribution in [3.63, 3.8) is 0 Å². The van der Waals surface area contributed by atoms with Crippen molar-refractivity contribution in [3.8, 4) is 0 Å². The first kappa shape index (κ1) is 10.9. The summed E-state index contributed by atoms with van der Waals surface area (Å²) in [5.41, 5.74) is 5.94. The lowest BCUT2D eigenvalue weighted by molar-refractivity contribution is 0.0853. The van der Waals surface area contributed by atoms with Crippen LogP contribution in [0, 0.1) is 0 Å². The second-order valence-electron chi connectivity index (χ2n) is 3.92. The monoisotopic (exact) mass is 224 g/mol. The standard InChI is InChI=1S/C10H16N4O2/c1-14-9(11)5-8(13-14)10(15)12-6-7-3-2-4-16-7/h5,7H,2-4,6,11H2,1H3,(H,12,15). The molecule has 1 aromatic heterocycles. The van der Waals surface area contributed by atoms with Gasteiger partial charge in [0.05, 0.1) is 6.10 Å². The lowest BCUT2D eigenvalue weighted by Crippen LogP contribution is -2.32. The highest BCUT2D eigenvalue weighted by Crippen LogP contribution is 2.11. The first-order valence-corrected chi connectivity index (χ1v) is 5.36. The van der Waals surface area contributed by atoms with Gasteiger partial charge < -0.3 is 15.8 Å². The van der Waals surface area contributed by atoms with E-state index < -0.39 is 0 Å². The van der Waals surface area contributed by atoms with Crippen LogP contribution in [0.4, 0.5) is 5.82 Å². The van der Waals surface area contributed by atoms with Gasteiger partial charge in [-0.05, 0) is 12.8 Å². The average molecular weight is 224 g/mol. The lowest BCUT2D eigenvalue weighted by Gasteiger charge is -2.09. The molecule has 16 heavy (non-hydrogen) atoms. The average Bonchev–Trinajstić information content (AvgIpc) is 2.86. The molecule has 1 saturated heterocycles. The Bertz CT molecular complexity index is 363. The third-order valence-electron chi connectivity index (χ3n) is 2.66. The Morgan fingerprint density at radius 2 is 2.62 bits per heavy atom. The van der Waals surface area contributed by atoms with Gasteiger partial charge >= 0.3 is 0 Å². The molecule has 1 atom stereocenters. The number of aromatic nitrogens is 2. The van der Waals surface area contributed by atoms with Crippen LogP contribution < -0.4 is 11.1 Å². The number of carbonyl (C=O) groups is 1. The Morgan fingerprint density at radius 3 is 3.19 bits per heavy atom. The van der Waals surface area contributed by atoms with E-state index in [4.69, 9.17) is 10.5 Å². The van der Waals surface area contributed by atoms with Crippen LogP contribution >= 0.6 is 0 Å². The SMILES string of the molecule is Cn1nc(C(=O)NCC2CCCO2)cc1N. The number of nitrogen functional groups attached to an aromatic ring is 1. The maximum Gasteiger partial charge on any atom is 0.271 e. The van der Waals surface area contributed by atoms with Crippen LogP contribution in [0.15, 0.2) is 6.07 Å². The molecular formula is C10H16N4O2. The second kappa shape index (κ2) is 4.52. The summed E-state index contributed by atoms with van der Waals surface area (Å²) in [7, 11) is 1.70. The van der Waals surface area contributed by atoms with Gasteiger partial charge in [-0.25, -0.2) is 0 Å². The van der Waals surface area contributed by atoms with Gasteiger partial charge in [-0.3, -0.25) is 9.48 Å². The number of aryl methyl sites for hydroxylation is 1. The molecule has 1 aliphatic heterocycles. The van der Waals surface area contributed by atoms with Crippen molar-refractivity contribution in [1.82, 2.24) is 15.1 Å². The number of anilines is 1. The third kappa shape index (κ3) is 2.33. The fraction of sp³-hybridized carbons (Fsp3) is 0.600. The number of nitrogens with two attached hydrogens (primary N) is 1. The molecule has 1 fully saturated rings. The number of rotatable bonds is 3. The minimum atomic E-state index is -0.206. The van der Waals surface area contributed by atoms with Gasteiger partial charge in [0.25, 0.3) is 5.91 Å². The number of ether oxygens (including phenoxy) is 1. The van der Waals surface area contributed by atoms with E-state index in [2.05, 4.69) is 10.4 Å². The van der Waals surface area contributed by atoms with Crippen molar-refractivity contribution in [3.05, 3.63) is 11.8 Å². The molecule has 6 heteroatoms. The van der Waals surface area contributed by atoms with E-state index in [0.29, 0.717) is 18.1 Å². The highest BCUT2D eigenvalue weighted by atomic mass is 16.5. The molecule has 1 aliphatic rings. The third-order valence-corrected chi connectivity index (χ3v) is 2.66. The fourth-order valence-corrected chi connectivity index (χ4v) is 1.70. The van der Waals surface area contributed by atoms with Gasteiger partial charge in [-0.2, -0.15) is 5.10 Å². The van der Waals surface area contributed by atoms with E-state index in [9.17, 15) is 4.79 Å². The van der Waals surface area contributed by atoms with Gasteiger partial charge in [0.15, 0.2) is 5.69 Å². The quantitative estimate of drug-likeness (QED) is 0.751. The maximum absolute atomic E-state index is 11.7. The largest absolute Gasteiger partial charge is 0.384 e. The van der Waals surface area contributed by atoms with Gasteiger partial charge in [-0.15, -0.1) is 0 Å². The molecule has 0 aromatic carbocycles. The Hall–Kier alpha value is -1.56. The van der Waals surface area contributed by atoms with Crippen LogP contribution in [-0.2, 0) is 11.8 Å². The molecule has 0 saturated carbocycles. The predicted molar refractivity (Wildman–Crippen MR) is 58.9 cm³/mol. The molecule has 6 nitrogen and oxygen atoms in total. The Labute approximate surface area is 93.8 Å². The van der Waals surface area contributed by atoms with E-state index >= 15 is 0 Å². The van der Waals surface area contributed by atoms with Crippen LogP contribution in [0.2, 0.25) is 0 Å². The minimum absolute atomic E-state index is 0.144. The van der Waals surface area contributed by atoms with Crippen molar-refractivity contribution in [2.75, 3.05) is 18.9 Å². The van der Waals surface area contributed by atoms with Crippen molar-refractivity contribution >= 4 is 11.7 Å². The number of carbonyl (C=O) groups excluding carboxylic acids is 1. The number of nitrogens with one attached hydrogen (secondary N) is 1. The van der Waals surface area contributed by atoms with Gasteiger partial charge in [0.1, 0.15) is 5.82 Å². The van der Waals surface area contributed by atoms with Crippen molar-refractivity contribution in [2.24, 2.45) is 7.05 Å². The lowest BCUT2D eigenvalue weighted by atomic mass is 10.2. The number of hydrogen-bond acceptors (Lipinski definition) is 4. The van der Waals surface area contributed by atoms with E-state index in [0.717, 1.165) is 19.4 Å². The Kier molecular flexibility index (Phi) is 3.09. The van der Waals surface area contributed by atoms with Crippen molar-refractivity contribution < 1.29 is 9.53 Å². The van der Waals surface area contributed by atoms with E-state index in [1.807, 2.05) is 0 Å². The zero-order chi connectivity index (χ0) is 11.5. The maximum atomic E-state index is 11.7. The summed E-state index contributed by atoms with van der Waals surface area (Å²) in [5.74, 6) is 0.269. The zero-order valence-corrected chi connectivity index (χ0v) is 9.27. The van der Waals surface area contributed by atoms with Crippen molar-refractivity contribution in [1.29, 1.82) is 0 Å². The normalized spacial score (nSPS) is 19.9. The summed E-state index contributed by atoms with van der Waals surface area (Å²) in [5, 5.41) is 6.78. The smallest absolute Gasteiger partial charge is 0.271 e. The molecule has 3 N–H and O–H groups in total. The first-order chi connectivity index (χ1) is 7.66. The van der Waals surface area contributed by atoms with E-state index in [1.54, 1.807) is 13.1 Å². The molecule has 2 rings (SSSR count). The van der Waals surface area contributed by atoms with Gasteiger partial charge in [0.2, 0.25) is 0 Å². The number of nitrogens with zero attached hydrogens (tertiary/aromatic N) is 2. The summed E-state index contributed by atoms with van der Waals surface area (Å²) in [6.45, 7) is 1.33. The molecule has 88 valence electrons. The zero-order valence-electron chi connectivity index (χ0n) is 9.27. The molecule has 0 radical (unpaired) electrons. The first-order valence-electron chi connectivity index (χ1n) is 5.36. The molecule has 2 heterocycles. The summed E-state index contributed by atoms with van der Waals surface area (Å²) >= 11 is 0. The van der Waals surface area contributed by atoms with Crippen LogP contribution in [0.1, 0.15) is 23.3 Å². The minimum Gasteiger partial charge on any atom is -0.384 e.